The summed E-state index contributed by atoms with van der Waals surface area (Å²) >= 11 is 11.0. The Labute approximate surface area is 221 Å². The van der Waals surface area contributed by atoms with Gasteiger partial charge in [-0.3, -0.25) is 9.78 Å². The molecular formula is C26H21BrN4O2S2. The van der Waals surface area contributed by atoms with Gasteiger partial charge in [-0.05, 0) is 82.7 Å². The number of nitrogens with one attached hydrogen (secondary N) is 2. The highest BCUT2D eigenvalue weighted by Crippen LogP contribution is 2.44. The number of anilines is 2. The van der Waals surface area contributed by atoms with Crippen molar-refractivity contribution in [3.05, 3.63) is 105 Å². The van der Waals surface area contributed by atoms with E-state index in [0.29, 0.717) is 16.5 Å². The van der Waals surface area contributed by atoms with Crippen molar-refractivity contribution < 1.29 is 9.53 Å². The van der Waals surface area contributed by atoms with Crippen molar-refractivity contribution in [2.45, 2.75) is 12.1 Å². The van der Waals surface area contributed by atoms with E-state index in [2.05, 4.69) is 47.9 Å². The largest absolute Gasteiger partial charge is 0.484 e. The van der Waals surface area contributed by atoms with Gasteiger partial charge in [0.2, 0.25) is 0 Å². The Balaban J connectivity index is 1.34. The molecule has 0 radical (unpaired) electrons. The first-order valence-electron chi connectivity index (χ1n) is 10.9. The van der Waals surface area contributed by atoms with E-state index >= 15 is 0 Å². The van der Waals surface area contributed by atoms with E-state index in [0.717, 1.165) is 20.7 Å². The molecule has 6 nitrogen and oxygen atoms in total. The number of carbonyl (C=O) groups excluding carboxylic acids is 1. The number of thiophene rings is 1. The average Bonchev–Trinajstić information content (AvgIpc) is 3.47. The molecule has 1 amide bonds. The summed E-state index contributed by atoms with van der Waals surface area (Å²) in [5.41, 5.74) is 2.54. The van der Waals surface area contributed by atoms with Gasteiger partial charge in [-0.25, -0.2) is 0 Å². The minimum absolute atomic E-state index is 0.0617. The molecule has 2 atom stereocenters. The number of thiocarbonyl (C=S) groups is 1. The van der Waals surface area contributed by atoms with E-state index < -0.39 is 0 Å². The Morgan fingerprint density at radius 3 is 2.57 bits per heavy atom. The summed E-state index contributed by atoms with van der Waals surface area (Å²) in [5.74, 6) is 0.429. The van der Waals surface area contributed by atoms with Crippen molar-refractivity contribution in [2.75, 3.05) is 16.8 Å². The zero-order valence-electron chi connectivity index (χ0n) is 18.4. The standard InChI is InChI=1S/C26H21BrN4O2S2/c27-17-14-22(35-16-17)25-24(21-8-4-5-13-28-21)30-26(34)31(25)19-11-9-18(10-12-19)29-23(32)15-33-20-6-2-1-3-7-20/h1-14,16,24-25H,15H2,(H,29,32)(H,30,34)/t24-,25+/m1/s1. The number of para-hydroxylation sites is 1. The number of halogens is 1. The van der Waals surface area contributed by atoms with Gasteiger partial charge in [0.15, 0.2) is 11.7 Å². The second-order valence-corrected chi connectivity index (χ2v) is 10.1. The van der Waals surface area contributed by atoms with Crippen LogP contribution in [0.15, 0.2) is 94.9 Å². The summed E-state index contributed by atoms with van der Waals surface area (Å²) in [6, 6.07) is 24.8. The van der Waals surface area contributed by atoms with Crippen LogP contribution in [0.3, 0.4) is 0 Å². The van der Waals surface area contributed by atoms with Gasteiger partial charge >= 0.3 is 0 Å². The first-order valence-corrected chi connectivity index (χ1v) is 13.0. The van der Waals surface area contributed by atoms with Crippen LogP contribution < -0.4 is 20.3 Å². The van der Waals surface area contributed by atoms with Crippen LogP contribution in [0, 0.1) is 0 Å². The Bertz CT molecular complexity index is 1320. The maximum absolute atomic E-state index is 12.3. The summed E-state index contributed by atoms with van der Waals surface area (Å²) < 4.78 is 6.56. The number of pyridine rings is 1. The molecule has 1 saturated heterocycles. The molecule has 1 fully saturated rings. The van der Waals surface area contributed by atoms with Gasteiger partial charge in [0.1, 0.15) is 5.75 Å². The fourth-order valence-electron chi connectivity index (χ4n) is 3.97. The van der Waals surface area contributed by atoms with Gasteiger partial charge < -0.3 is 20.3 Å². The molecule has 0 spiro atoms. The molecular weight excluding hydrogens is 544 g/mol. The molecule has 1 aliphatic rings. The third kappa shape index (κ3) is 5.37. The zero-order chi connectivity index (χ0) is 24.2. The molecule has 0 unspecified atom stereocenters. The third-order valence-electron chi connectivity index (χ3n) is 5.52. The van der Waals surface area contributed by atoms with Gasteiger partial charge in [0, 0.05) is 32.3 Å². The van der Waals surface area contributed by atoms with Crippen molar-refractivity contribution in [3.8, 4) is 5.75 Å². The number of ether oxygens (including phenoxy) is 1. The lowest BCUT2D eigenvalue weighted by Gasteiger charge is -2.27. The van der Waals surface area contributed by atoms with Crippen molar-refractivity contribution in [1.82, 2.24) is 10.3 Å². The number of aromatic nitrogens is 1. The molecule has 0 aliphatic carbocycles. The van der Waals surface area contributed by atoms with Crippen LogP contribution >= 0.6 is 39.5 Å². The molecule has 0 saturated carbocycles. The maximum Gasteiger partial charge on any atom is 0.262 e. The molecule has 1 aliphatic heterocycles. The SMILES string of the molecule is O=C(COc1ccccc1)Nc1ccc(N2C(=S)N[C@H](c3ccccn3)[C@@H]2c2cc(Br)cs2)cc1. The lowest BCUT2D eigenvalue weighted by atomic mass is 10.0. The van der Waals surface area contributed by atoms with Gasteiger partial charge in [-0.15, -0.1) is 11.3 Å². The quantitative estimate of drug-likeness (QED) is 0.264. The Morgan fingerprint density at radius 2 is 1.89 bits per heavy atom. The van der Waals surface area contributed by atoms with Gasteiger partial charge in [0.25, 0.3) is 5.91 Å². The minimum Gasteiger partial charge on any atom is -0.484 e. The van der Waals surface area contributed by atoms with Crippen molar-refractivity contribution in [2.24, 2.45) is 0 Å². The normalized spacial score (nSPS) is 17.2. The van der Waals surface area contributed by atoms with Gasteiger partial charge in [0.05, 0.1) is 17.8 Å². The fourth-order valence-corrected chi connectivity index (χ4v) is 5.89. The number of benzene rings is 2. The third-order valence-corrected chi connectivity index (χ3v) is 7.60. The van der Waals surface area contributed by atoms with Crippen molar-refractivity contribution in [3.63, 3.8) is 0 Å². The Kier molecular flexibility index (Phi) is 7.08. The summed E-state index contributed by atoms with van der Waals surface area (Å²) in [5, 5.41) is 9.03. The number of rotatable bonds is 7. The smallest absolute Gasteiger partial charge is 0.262 e. The second kappa shape index (κ2) is 10.6. The predicted molar refractivity (Wildman–Crippen MR) is 147 cm³/mol. The van der Waals surface area contributed by atoms with E-state index in [9.17, 15) is 4.79 Å². The highest BCUT2D eigenvalue weighted by atomic mass is 79.9. The number of nitrogens with zero attached hydrogens (tertiary/aromatic N) is 2. The molecule has 3 heterocycles. The molecule has 2 aromatic heterocycles. The first-order chi connectivity index (χ1) is 17.1. The number of hydrogen-bond acceptors (Lipinski definition) is 5. The van der Waals surface area contributed by atoms with Crippen molar-refractivity contribution in [1.29, 1.82) is 0 Å². The molecule has 4 aromatic rings. The lowest BCUT2D eigenvalue weighted by molar-refractivity contribution is -0.118. The molecule has 35 heavy (non-hydrogen) atoms. The maximum atomic E-state index is 12.3. The van der Waals surface area contributed by atoms with E-state index in [4.69, 9.17) is 17.0 Å². The monoisotopic (exact) mass is 564 g/mol. The summed E-state index contributed by atoms with van der Waals surface area (Å²) in [6.07, 6.45) is 1.79. The summed E-state index contributed by atoms with van der Waals surface area (Å²) in [4.78, 5) is 20.2. The minimum atomic E-state index is -0.225. The predicted octanol–water partition coefficient (Wildman–Crippen LogP) is 6.10. The first kappa shape index (κ1) is 23.5. The van der Waals surface area contributed by atoms with Gasteiger partial charge in [-0.1, -0.05) is 24.3 Å². The molecule has 176 valence electrons. The molecule has 9 heteroatoms. The van der Waals surface area contributed by atoms with Crippen molar-refractivity contribution >= 4 is 61.9 Å². The molecule has 2 N–H and O–H groups in total. The lowest BCUT2D eigenvalue weighted by Crippen LogP contribution is -2.29. The topological polar surface area (TPSA) is 66.5 Å². The molecule has 2 aromatic carbocycles. The van der Waals surface area contributed by atoms with E-state index in [1.165, 1.54) is 0 Å². The number of hydrogen-bond donors (Lipinski definition) is 2. The zero-order valence-corrected chi connectivity index (χ0v) is 21.6. The number of carbonyl (C=O) groups is 1. The average molecular weight is 566 g/mol. The Morgan fingerprint density at radius 1 is 1.11 bits per heavy atom. The molecule has 5 rings (SSSR count). The van der Waals surface area contributed by atoms with E-state index in [1.807, 2.05) is 72.8 Å². The molecule has 0 bridgehead atoms. The van der Waals surface area contributed by atoms with Gasteiger partial charge in [-0.2, -0.15) is 0 Å². The van der Waals surface area contributed by atoms with E-state index in [1.54, 1.807) is 17.5 Å². The van der Waals surface area contributed by atoms with Crippen LogP contribution in [-0.4, -0.2) is 22.6 Å². The highest BCUT2D eigenvalue weighted by Gasteiger charge is 2.41. The second-order valence-electron chi connectivity index (χ2n) is 7.86. The van der Waals surface area contributed by atoms with Crippen LogP contribution in [0.4, 0.5) is 11.4 Å². The highest BCUT2D eigenvalue weighted by molar-refractivity contribution is 9.10. The van der Waals surface area contributed by atoms with E-state index in [-0.39, 0.29) is 24.6 Å². The Hall–Kier alpha value is -3.27. The van der Waals surface area contributed by atoms with Crippen LogP contribution in [0.1, 0.15) is 22.7 Å². The number of amides is 1. The van der Waals surface area contributed by atoms with Crippen LogP contribution in [0.2, 0.25) is 0 Å². The summed E-state index contributed by atoms with van der Waals surface area (Å²) in [6.45, 7) is -0.0625. The summed E-state index contributed by atoms with van der Waals surface area (Å²) in [7, 11) is 0. The van der Waals surface area contributed by atoms with Crippen LogP contribution in [0.25, 0.3) is 0 Å². The fraction of sp³-hybridized carbons (Fsp3) is 0.115. The van der Waals surface area contributed by atoms with Crippen LogP contribution in [-0.2, 0) is 4.79 Å². The van der Waals surface area contributed by atoms with Crippen LogP contribution in [0.5, 0.6) is 5.75 Å².